The van der Waals surface area contributed by atoms with Crippen molar-refractivity contribution in [1.82, 2.24) is 0 Å². The summed E-state index contributed by atoms with van der Waals surface area (Å²) < 4.78 is 73.9. The van der Waals surface area contributed by atoms with Crippen molar-refractivity contribution in [3.8, 4) is 0 Å². The maximum absolute atomic E-state index is 12.3. The molecule has 0 amide bonds. The van der Waals surface area contributed by atoms with Crippen molar-refractivity contribution in [1.29, 1.82) is 0 Å². The van der Waals surface area contributed by atoms with Crippen LogP contribution in [0.1, 0.15) is 11.1 Å². The molecule has 0 unspecified atom stereocenters. The number of halogens is 6. The maximum atomic E-state index is 12.3. The lowest BCUT2D eigenvalue weighted by molar-refractivity contribution is -0.187. The van der Waals surface area contributed by atoms with E-state index in [1.165, 1.54) is 12.1 Å². The Kier molecular flexibility index (Phi) is 5.16. The molecule has 0 aliphatic heterocycles. The van der Waals surface area contributed by atoms with Gasteiger partial charge in [-0.1, -0.05) is 42.0 Å². The number of alkyl halides is 6. The standard InChI is InChI=1S/C14H10F6O2/c1-8-2-4-9(5-3-8)6-7-10(11(21)13(15,16)17)12(22)14(18,19)20/h2-7,10H,1H3. The van der Waals surface area contributed by atoms with E-state index in [-0.39, 0.29) is 5.56 Å². The van der Waals surface area contributed by atoms with E-state index in [0.29, 0.717) is 6.08 Å². The predicted molar refractivity (Wildman–Crippen MR) is 65.8 cm³/mol. The number of benzene rings is 1. The molecule has 2 nitrogen and oxygen atoms in total. The zero-order valence-electron chi connectivity index (χ0n) is 11.1. The highest BCUT2D eigenvalue weighted by atomic mass is 19.4. The Hall–Kier alpha value is -2.12. The first-order chi connectivity index (χ1) is 9.93. The minimum Gasteiger partial charge on any atom is -0.288 e. The molecule has 0 heterocycles. The summed E-state index contributed by atoms with van der Waals surface area (Å²) in [5.41, 5.74) is 1.09. The predicted octanol–water partition coefficient (Wildman–Crippen LogP) is 3.89. The zero-order chi connectivity index (χ0) is 17.1. The maximum Gasteiger partial charge on any atom is 0.451 e. The first-order valence-corrected chi connectivity index (χ1v) is 5.90. The van der Waals surface area contributed by atoms with E-state index in [2.05, 4.69) is 0 Å². The zero-order valence-corrected chi connectivity index (χ0v) is 11.1. The normalized spacial score (nSPS) is 12.9. The molecule has 0 saturated carbocycles. The van der Waals surface area contributed by atoms with Gasteiger partial charge in [-0.2, -0.15) is 26.3 Å². The summed E-state index contributed by atoms with van der Waals surface area (Å²) in [5, 5.41) is 0. The van der Waals surface area contributed by atoms with Crippen LogP contribution in [-0.4, -0.2) is 23.9 Å². The van der Waals surface area contributed by atoms with Crippen LogP contribution in [-0.2, 0) is 9.59 Å². The number of Topliss-reactive ketones (excluding diaryl/α,β-unsaturated/α-hetero) is 2. The lowest BCUT2D eigenvalue weighted by Crippen LogP contribution is -2.40. The fraction of sp³-hybridized carbons (Fsp3) is 0.286. The molecular weight excluding hydrogens is 314 g/mol. The van der Waals surface area contributed by atoms with Crippen molar-refractivity contribution in [3.05, 3.63) is 41.5 Å². The summed E-state index contributed by atoms with van der Waals surface area (Å²) in [4.78, 5) is 22.1. The number of hydrogen-bond acceptors (Lipinski definition) is 2. The summed E-state index contributed by atoms with van der Waals surface area (Å²) in [6, 6.07) is 6.01. The van der Waals surface area contributed by atoms with E-state index in [1.807, 2.05) is 0 Å². The lowest BCUT2D eigenvalue weighted by atomic mass is 9.96. The third-order valence-electron chi connectivity index (χ3n) is 2.68. The number of allylic oxidation sites excluding steroid dienone is 1. The fourth-order valence-electron chi connectivity index (χ4n) is 1.53. The topological polar surface area (TPSA) is 34.1 Å². The van der Waals surface area contributed by atoms with Gasteiger partial charge in [0, 0.05) is 0 Å². The third-order valence-corrected chi connectivity index (χ3v) is 2.68. The molecule has 0 aromatic heterocycles. The van der Waals surface area contributed by atoms with Crippen LogP contribution in [0.15, 0.2) is 30.3 Å². The van der Waals surface area contributed by atoms with Crippen molar-refractivity contribution >= 4 is 17.6 Å². The van der Waals surface area contributed by atoms with Crippen LogP contribution >= 0.6 is 0 Å². The number of ketones is 2. The smallest absolute Gasteiger partial charge is 0.288 e. The Bertz CT molecular complexity index is 555. The molecule has 0 fully saturated rings. The van der Waals surface area contributed by atoms with Gasteiger partial charge >= 0.3 is 12.4 Å². The van der Waals surface area contributed by atoms with Crippen LogP contribution in [0.4, 0.5) is 26.3 Å². The molecule has 1 aromatic carbocycles. The Morgan fingerprint density at radius 2 is 1.32 bits per heavy atom. The summed E-state index contributed by atoms with van der Waals surface area (Å²) in [7, 11) is 0. The molecule has 1 aromatic rings. The second kappa shape index (κ2) is 6.33. The van der Waals surface area contributed by atoms with Crippen molar-refractivity contribution in [3.63, 3.8) is 0 Å². The second-order valence-electron chi connectivity index (χ2n) is 4.47. The minimum atomic E-state index is -5.54. The van der Waals surface area contributed by atoms with Crippen molar-refractivity contribution in [2.24, 2.45) is 5.92 Å². The van der Waals surface area contributed by atoms with E-state index in [4.69, 9.17) is 0 Å². The Labute approximate surface area is 121 Å². The molecule has 0 aliphatic rings. The minimum absolute atomic E-state index is 0.264. The number of carbonyl (C=O) groups excluding carboxylic acids is 2. The van der Waals surface area contributed by atoms with Gasteiger partial charge in [-0.05, 0) is 12.5 Å². The Morgan fingerprint density at radius 3 is 1.68 bits per heavy atom. The molecule has 0 N–H and O–H groups in total. The van der Waals surface area contributed by atoms with Crippen LogP contribution in [0.3, 0.4) is 0 Å². The van der Waals surface area contributed by atoms with Gasteiger partial charge in [-0.25, -0.2) is 0 Å². The molecule has 0 spiro atoms. The van der Waals surface area contributed by atoms with Gasteiger partial charge in [0.25, 0.3) is 11.6 Å². The first-order valence-electron chi connectivity index (χ1n) is 5.90. The van der Waals surface area contributed by atoms with Gasteiger partial charge in [-0.3, -0.25) is 9.59 Å². The molecule has 1 rings (SSSR count). The first kappa shape index (κ1) is 17.9. The monoisotopic (exact) mass is 324 g/mol. The van der Waals surface area contributed by atoms with Crippen LogP contribution in [0.2, 0.25) is 0 Å². The highest BCUT2D eigenvalue weighted by Gasteiger charge is 2.52. The van der Waals surface area contributed by atoms with Crippen molar-refractivity contribution in [2.45, 2.75) is 19.3 Å². The van der Waals surface area contributed by atoms with Gasteiger partial charge < -0.3 is 0 Å². The molecule has 120 valence electrons. The van der Waals surface area contributed by atoms with Crippen LogP contribution in [0.5, 0.6) is 0 Å². The van der Waals surface area contributed by atoms with Gasteiger partial charge in [0.15, 0.2) is 0 Å². The van der Waals surface area contributed by atoms with Gasteiger partial charge in [0.1, 0.15) is 5.92 Å². The summed E-state index contributed by atoms with van der Waals surface area (Å²) in [5.74, 6) is -8.45. The average molecular weight is 324 g/mol. The highest BCUT2D eigenvalue weighted by molar-refractivity contribution is 6.09. The molecule has 0 bridgehead atoms. The highest BCUT2D eigenvalue weighted by Crippen LogP contribution is 2.29. The van der Waals surface area contributed by atoms with Crippen LogP contribution < -0.4 is 0 Å². The van der Waals surface area contributed by atoms with Gasteiger partial charge in [0.05, 0.1) is 0 Å². The van der Waals surface area contributed by atoms with E-state index >= 15 is 0 Å². The number of rotatable bonds is 4. The van der Waals surface area contributed by atoms with Crippen molar-refractivity contribution < 1.29 is 35.9 Å². The fourth-order valence-corrected chi connectivity index (χ4v) is 1.53. The average Bonchev–Trinajstić information content (AvgIpc) is 2.38. The molecule has 22 heavy (non-hydrogen) atoms. The number of hydrogen-bond donors (Lipinski definition) is 0. The lowest BCUT2D eigenvalue weighted by Gasteiger charge is -2.14. The van der Waals surface area contributed by atoms with Crippen LogP contribution in [0, 0.1) is 12.8 Å². The second-order valence-corrected chi connectivity index (χ2v) is 4.47. The van der Waals surface area contributed by atoms with Gasteiger partial charge in [-0.15, -0.1) is 0 Å². The molecule has 0 aliphatic carbocycles. The summed E-state index contributed by atoms with van der Waals surface area (Å²) >= 11 is 0. The number of aryl methyl sites for hydroxylation is 1. The van der Waals surface area contributed by atoms with Crippen LogP contribution in [0.25, 0.3) is 6.08 Å². The molecule has 0 saturated heterocycles. The van der Waals surface area contributed by atoms with E-state index in [1.54, 1.807) is 19.1 Å². The summed E-state index contributed by atoms with van der Waals surface area (Å²) in [6.07, 6.45) is -9.89. The van der Waals surface area contributed by atoms with E-state index in [9.17, 15) is 35.9 Å². The molecular formula is C14H10F6O2. The van der Waals surface area contributed by atoms with Gasteiger partial charge in [0.2, 0.25) is 0 Å². The number of carbonyl (C=O) groups is 2. The van der Waals surface area contributed by atoms with Crippen molar-refractivity contribution in [2.75, 3.05) is 0 Å². The Morgan fingerprint density at radius 1 is 0.909 bits per heavy atom. The largest absolute Gasteiger partial charge is 0.451 e. The van der Waals surface area contributed by atoms with E-state index in [0.717, 1.165) is 11.6 Å². The molecule has 0 radical (unpaired) electrons. The SMILES string of the molecule is Cc1ccc(C=CC(C(=O)C(F)(F)F)C(=O)C(F)(F)F)cc1. The summed E-state index contributed by atoms with van der Waals surface area (Å²) in [6.45, 7) is 1.73. The third kappa shape index (κ3) is 4.71. The molecule has 0 atom stereocenters. The van der Waals surface area contributed by atoms with E-state index < -0.39 is 29.8 Å². The molecule has 8 heteroatoms. The quantitative estimate of drug-likeness (QED) is 0.622. The Balaban J connectivity index is 3.13.